The van der Waals surface area contributed by atoms with E-state index in [0.717, 1.165) is 20.9 Å². The third-order valence-electron chi connectivity index (χ3n) is 4.65. The van der Waals surface area contributed by atoms with Gasteiger partial charge in [-0.25, -0.2) is 4.79 Å². The topological polar surface area (TPSA) is 87.7 Å². The summed E-state index contributed by atoms with van der Waals surface area (Å²) >= 11 is 1.35. The minimum Gasteiger partial charge on any atom is -0.495 e. The molecular weight excluding hydrogens is 402 g/mol. The van der Waals surface area contributed by atoms with Crippen LogP contribution in [0.5, 0.6) is 5.75 Å². The molecule has 1 aromatic heterocycles. The molecule has 2 aromatic carbocycles. The summed E-state index contributed by atoms with van der Waals surface area (Å²) in [5.41, 5.74) is 2.32. The summed E-state index contributed by atoms with van der Waals surface area (Å²) in [6.07, 6.45) is 0. The van der Waals surface area contributed by atoms with Crippen molar-refractivity contribution in [1.29, 1.82) is 0 Å². The lowest BCUT2D eigenvalue weighted by molar-refractivity contribution is -0.125. The molecule has 0 aliphatic carbocycles. The van der Waals surface area contributed by atoms with Crippen molar-refractivity contribution in [3.8, 4) is 16.2 Å². The zero-order chi connectivity index (χ0) is 21.1. The summed E-state index contributed by atoms with van der Waals surface area (Å²) < 4.78 is 5.40. The summed E-state index contributed by atoms with van der Waals surface area (Å²) in [7, 11) is 1.53. The SMILES string of the molecule is COc1cc(-c2ccccc2)sc1C(=O)Nc1cccc(CN2C(=O)CNC2=O)c1. The molecule has 0 spiro atoms. The van der Waals surface area contributed by atoms with Crippen LogP contribution in [0.1, 0.15) is 15.2 Å². The van der Waals surface area contributed by atoms with Gasteiger partial charge in [-0.05, 0) is 29.3 Å². The van der Waals surface area contributed by atoms with Gasteiger partial charge < -0.3 is 15.4 Å². The first kappa shape index (κ1) is 19.7. The van der Waals surface area contributed by atoms with E-state index in [9.17, 15) is 14.4 Å². The van der Waals surface area contributed by atoms with Crippen molar-refractivity contribution in [2.24, 2.45) is 0 Å². The van der Waals surface area contributed by atoms with E-state index in [1.54, 1.807) is 24.3 Å². The van der Waals surface area contributed by atoms with Crippen LogP contribution in [0.3, 0.4) is 0 Å². The van der Waals surface area contributed by atoms with Gasteiger partial charge in [-0.1, -0.05) is 42.5 Å². The average molecular weight is 421 g/mol. The van der Waals surface area contributed by atoms with Gasteiger partial charge in [-0.15, -0.1) is 11.3 Å². The predicted octanol–water partition coefficient (Wildman–Crippen LogP) is 3.73. The Balaban J connectivity index is 1.52. The zero-order valence-corrected chi connectivity index (χ0v) is 17.0. The van der Waals surface area contributed by atoms with Crippen molar-refractivity contribution in [1.82, 2.24) is 10.2 Å². The number of nitrogens with one attached hydrogen (secondary N) is 2. The molecule has 3 aromatic rings. The van der Waals surface area contributed by atoms with Crippen LogP contribution in [0.15, 0.2) is 60.7 Å². The fourth-order valence-corrected chi connectivity index (χ4v) is 4.19. The number of carbonyl (C=O) groups excluding carboxylic acids is 3. The maximum atomic E-state index is 12.9. The Morgan fingerprint density at radius 3 is 2.63 bits per heavy atom. The van der Waals surface area contributed by atoms with Crippen molar-refractivity contribution in [2.75, 3.05) is 19.0 Å². The van der Waals surface area contributed by atoms with Gasteiger partial charge in [0.15, 0.2) is 0 Å². The first-order valence-electron chi connectivity index (χ1n) is 9.27. The Bertz CT molecular complexity index is 1090. The number of imide groups is 1. The Morgan fingerprint density at radius 2 is 1.93 bits per heavy atom. The van der Waals surface area contributed by atoms with Crippen LogP contribution in [0, 0.1) is 0 Å². The molecule has 0 unspecified atom stereocenters. The van der Waals surface area contributed by atoms with E-state index in [-0.39, 0.29) is 24.9 Å². The number of hydrogen-bond donors (Lipinski definition) is 2. The number of thiophene rings is 1. The van der Waals surface area contributed by atoms with E-state index < -0.39 is 6.03 Å². The average Bonchev–Trinajstić information content (AvgIpc) is 3.34. The van der Waals surface area contributed by atoms with Gasteiger partial charge in [0.25, 0.3) is 5.91 Å². The smallest absolute Gasteiger partial charge is 0.324 e. The van der Waals surface area contributed by atoms with E-state index in [1.807, 2.05) is 36.4 Å². The lowest BCUT2D eigenvalue weighted by Gasteiger charge is -2.13. The Kier molecular flexibility index (Phi) is 5.49. The summed E-state index contributed by atoms with van der Waals surface area (Å²) in [5.74, 6) is -0.0517. The molecule has 1 aliphatic rings. The molecule has 4 rings (SSSR count). The molecule has 1 aliphatic heterocycles. The first-order chi connectivity index (χ1) is 14.5. The molecule has 0 saturated carbocycles. The van der Waals surface area contributed by atoms with E-state index in [4.69, 9.17) is 4.74 Å². The number of carbonyl (C=O) groups is 3. The molecule has 0 atom stereocenters. The molecule has 30 heavy (non-hydrogen) atoms. The molecule has 1 fully saturated rings. The third-order valence-corrected chi connectivity index (χ3v) is 5.81. The number of anilines is 1. The first-order valence-corrected chi connectivity index (χ1v) is 10.1. The van der Waals surface area contributed by atoms with Crippen molar-refractivity contribution >= 4 is 34.9 Å². The molecular formula is C22H19N3O4S. The number of ether oxygens (including phenoxy) is 1. The van der Waals surface area contributed by atoms with Crippen LogP contribution in [-0.4, -0.2) is 36.4 Å². The standard InChI is InChI=1S/C22H19N3O4S/c1-29-17-11-18(15-7-3-2-4-8-15)30-20(17)21(27)24-16-9-5-6-14(10-16)13-25-19(26)12-23-22(25)28/h2-11H,12-13H2,1H3,(H,23,28)(H,24,27). The number of hydrogen-bond acceptors (Lipinski definition) is 5. The highest BCUT2D eigenvalue weighted by atomic mass is 32.1. The third kappa shape index (κ3) is 4.04. The van der Waals surface area contributed by atoms with Crippen molar-refractivity contribution in [3.05, 3.63) is 71.1 Å². The quantitative estimate of drug-likeness (QED) is 0.594. The van der Waals surface area contributed by atoms with Crippen LogP contribution in [0.25, 0.3) is 10.4 Å². The van der Waals surface area contributed by atoms with Gasteiger partial charge in [-0.2, -0.15) is 0 Å². The normalized spacial score (nSPS) is 13.3. The lowest BCUT2D eigenvalue weighted by atomic mass is 10.2. The minimum absolute atomic E-state index is 0.0111. The molecule has 0 bridgehead atoms. The highest BCUT2D eigenvalue weighted by Crippen LogP contribution is 2.36. The van der Waals surface area contributed by atoms with Crippen molar-refractivity contribution < 1.29 is 19.1 Å². The fourth-order valence-electron chi connectivity index (χ4n) is 3.16. The van der Waals surface area contributed by atoms with Crippen LogP contribution in [-0.2, 0) is 11.3 Å². The number of amides is 4. The molecule has 7 nitrogen and oxygen atoms in total. The van der Waals surface area contributed by atoms with E-state index in [0.29, 0.717) is 16.3 Å². The highest BCUT2D eigenvalue weighted by Gasteiger charge is 2.28. The molecule has 2 heterocycles. The second kappa shape index (κ2) is 8.38. The summed E-state index contributed by atoms with van der Waals surface area (Å²) in [5, 5.41) is 5.36. The Morgan fingerprint density at radius 1 is 1.13 bits per heavy atom. The van der Waals surface area contributed by atoms with Crippen LogP contribution in [0.4, 0.5) is 10.5 Å². The number of rotatable bonds is 6. The largest absolute Gasteiger partial charge is 0.495 e. The van der Waals surface area contributed by atoms with Crippen molar-refractivity contribution in [3.63, 3.8) is 0 Å². The molecule has 8 heteroatoms. The number of methoxy groups -OCH3 is 1. The van der Waals surface area contributed by atoms with E-state index in [1.165, 1.54) is 18.4 Å². The Hall–Kier alpha value is -3.65. The molecule has 1 saturated heterocycles. The molecule has 2 N–H and O–H groups in total. The van der Waals surface area contributed by atoms with Crippen LogP contribution < -0.4 is 15.4 Å². The maximum absolute atomic E-state index is 12.9. The lowest BCUT2D eigenvalue weighted by Crippen LogP contribution is -2.30. The molecule has 0 radical (unpaired) electrons. The molecule has 4 amide bonds. The minimum atomic E-state index is -0.411. The number of urea groups is 1. The van der Waals surface area contributed by atoms with Gasteiger partial charge in [0, 0.05) is 10.6 Å². The second-order valence-electron chi connectivity index (χ2n) is 6.67. The van der Waals surface area contributed by atoms with Crippen molar-refractivity contribution in [2.45, 2.75) is 6.54 Å². The fraction of sp³-hybridized carbons (Fsp3) is 0.136. The number of nitrogens with zero attached hydrogens (tertiary/aromatic N) is 1. The second-order valence-corrected chi connectivity index (χ2v) is 7.72. The van der Waals surface area contributed by atoms with Crippen LogP contribution >= 0.6 is 11.3 Å². The highest BCUT2D eigenvalue weighted by molar-refractivity contribution is 7.17. The van der Waals surface area contributed by atoms with E-state index in [2.05, 4.69) is 10.6 Å². The predicted molar refractivity (Wildman–Crippen MR) is 115 cm³/mol. The van der Waals surface area contributed by atoms with Gasteiger partial charge >= 0.3 is 6.03 Å². The zero-order valence-electron chi connectivity index (χ0n) is 16.2. The monoisotopic (exact) mass is 421 g/mol. The van der Waals surface area contributed by atoms with Gasteiger partial charge in [0.1, 0.15) is 10.6 Å². The van der Waals surface area contributed by atoms with Gasteiger partial charge in [-0.3, -0.25) is 14.5 Å². The summed E-state index contributed by atoms with van der Waals surface area (Å²) in [6, 6.07) is 18.3. The van der Waals surface area contributed by atoms with E-state index >= 15 is 0 Å². The van der Waals surface area contributed by atoms with Gasteiger partial charge in [0.2, 0.25) is 5.91 Å². The maximum Gasteiger partial charge on any atom is 0.324 e. The number of benzene rings is 2. The Labute approximate surface area is 177 Å². The summed E-state index contributed by atoms with van der Waals surface area (Å²) in [4.78, 5) is 39.0. The summed E-state index contributed by atoms with van der Waals surface area (Å²) in [6.45, 7) is 0.159. The van der Waals surface area contributed by atoms with Gasteiger partial charge in [0.05, 0.1) is 20.2 Å². The van der Waals surface area contributed by atoms with Crippen LogP contribution in [0.2, 0.25) is 0 Å². The molecule has 152 valence electrons.